The molecule has 1 saturated heterocycles. The monoisotopic (exact) mass is 500 g/mol. The molecule has 1 fully saturated rings. The average Bonchev–Trinajstić information content (AvgIpc) is 3.59. The highest BCUT2D eigenvalue weighted by Crippen LogP contribution is 2.37. The molecule has 34 heavy (non-hydrogen) atoms. The Morgan fingerprint density at radius 1 is 1.09 bits per heavy atom. The third-order valence-electron chi connectivity index (χ3n) is 6.54. The van der Waals surface area contributed by atoms with Crippen LogP contribution in [0.3, 0.4) is 0 Å². The molecule has 0 spiro atoms. The number of hydrogen-bond acceptors (Lipinski definition) is 6. The molecule has 4 rings (SSSR count). The lowest BCUT2D eigenvalue weighted by molar-refractivity contribution is -0.909. The van der Waals surface area contributed by atoms with E-state index in [1.165, 1.54) is 27.6 Å². The maximum Gasteiger partial charge on any atom is 0.349 e. The predicted molar refractivity (Wildman–Crippen MR) is 137 cm³/mol. The molecule has 3 atom stereocenters. The van der Waals surface area contributed by atoms with Crippen molar-refractivity contribution >= 4 is 28.6 Å². The van der Waals surface area contributed by atoms with Crippen molar-refractivity contribution in [1.29, 1.82) is 0 Å². The summed E-state index contributed by atoms with van der Waals surface area (Å²) in [5, 5.41) is 15.4. The summed E-state index contributed by atoms with van der Waals surface area (Å²) in [4.78, 5) is 16.1. The van der Waals surface area contributed by atoms with Gasteiger partial charge in [0.25, 0.3) is 0 Å². The molecule has 0 amide bonds. The summed E-state index contributed by atoms with van der Waals surface area (Å²) in [6, 6.07) is 17.2. The molecule has 182 valence electrons. The van der Waals surface area contributed by atoms with Crippen LogP contribution in [-0.4, -0.2) is 43.4 Å². The number of aliphatic hydroxyl groups is 1. The van der Waals surface area contributed by atoms with Crippen LogP contribution in [0.15, 0.2) is 65.4 Å². The lowest BCUT2D eigenvalue weighted by Crippen LogP contribution is -3.14. The number of esters is 1. The molecule has 7 heteroatoms. The Morgan fingerprint density at radius 3 is 2.41 bits per heavy atom. The van der Waals surface area contributed by atoms with Crippen molar-refractivity contribution in [1.82, 2.24) is 0 Å². The fourth-order valence-corrected chi connectivity index (χ4v) is 6.45. The fraction of sp³-hybridized carbons (Fsp3) is 0.444. The largest absolute Gasteiger partial charge is 0.493 e. The number of carbonyl (C=O) groups excluding carboxylic acids is 1. The van der Waals surface area contributed by atoms with Gasteiger partial charge in [-0.15, -0.1) is 22.7 Å². The first-order valence-electron chi connectivity index (χ1n) is 12.1. The van der Waals surface area contributed by atoms with Crippen LogP contribution >= 0.6 is 22.7 Å². The third-order valence-corrected chi connectivity index (χ3v) is 8.50. The lowest BCUT2D eigenvalue weighted by Gasteiger charge is -2.37. The highest BCUT2D eigenvalue weighted by molar-refractivity contribution is 7.12. The quantitative estimate of drug-likeness (QED) is 0.307. The number of carbonyl (C=O) groups is 1. The second-order valence-corrected chi connectivity index (χ2v) is 10.8. The number of hydrogen-bond donors (Lipinski definition) is 2. The summed E-state index contributed by atoms with van der Waals surface area (Å²) >= 11 is 2.76. The van der Waals surface area contributed by atoms with Crippen molar-refractivity contribution in [3.8, 4) is 5.75 Å². The van der Waals surface area contributed by atoms with Crippen molar-refractivity contribution in [2.75, 3.05) is 26.2 Å². The topological polar surface area (TPSA) is 60.2 Å². The summed E-state index contributed by atoms with van der Waals surface area (Å²) in [6.45, 7) is 5.66. The molecule has 1 aliphatic heterocycles. The zero-order chi connectivity index (χ0) is 23.8. The summed E-state index contributed by atoms with van der Waals surface area (Å²) in [7, 11) is 0. The molecule has 3 aromatic rings. The molecule has 0 saturated carbocycles. The van der Waals surface area contributed by atoms with E-state index in [-0.39, 0.29) is 6.10 Å². The highest BCUT2D eigenvalue weighted by atomic mass is 32.1. The van der Waals surface area contributed by atoms with Gasteiger partial charge in [0.2, 0.25) is 5.60 Å². The van der Waals surface area contributed by atoms with Gasteiger partial charge in [-0.05, 0) is 41.4 Å². The van der Waals surface area contributed by atoms with Crippen molar-refractivity contribution in [2.45, 2.75) is 44.3 Å². The summed E-state index contributed by atoms with van der Waals surface area (Å²) in [6.07, 6.45) is 3.85. The molecule has 5 nitrogen and oxygen atoms in total. The lowest BCUT2D eigenvalue weighted by atomic mass is 9.89. The van der Waals surface area contributed by atoms with E-state index in [9.17, 15) is 9.90 Å². The number of para-hydroxylation sites is 1. The first-order chi connectivity index (χ1) is 16.6. The normalized spacial score (nSPS) is 20.7. The number of nitrogens with one attached hydrogen (secondary N) is 1. The van der Waals surface area contributed by atoms with E-state index in [4.69, 9.17) is 9.47 Å². The number of ether oxygens (including phenoxy) is 2. The molecule has 2 unspecified atom stereocenters. The smallest absolute Gasteiger partial charge is 0.349 e. The minimum atomic E-state index is -1.75. The van der Waals surface area contributed by atoms with Gasteiger partial charge in [-0.2, -0.15) is 0 Å². The van der Waals surface area contributed by atoms with Crippen molar-refractivity contribution in [3.63, 3.8) is 0 Å². The van der Waals surface area contributed by atoms with Gasteiger partial charge < -0.3 is 19.5 Å². The van der Waals surface area contributed by atoms with Crippen LogP contribution in [-0.2, 0) is 15.1 Å². The third kappa shape index (κ3) is 5.89. The van der Waals surface area contributed by atoms with Gasteiger partial charge in [0.05, 0.1) is 29.5 Å². The Bertz CT molecular complexity index is 957. The van der Waals surface area contributed by atoms with Gasteiger partial charge in [0, 0.05) is 18.8 Å². The fourth-order valence-electron chi connectivity index (χ4n) is 4.74. The van der Waals surface area contributed by atoms with Gasteiger partial charge in [-0.25, -0.2) is 4.79 Å². The second kappa shape index (κ2) is 12.0. The molecule has 1 aliphatic rings. The van der Waals surface area contributed by atoms with Crippen LogP contribution in [0.4, 0.5) is 0 Å². The SMILES string of the molecule is CCCC1CC[NH+](CCCOc2ccccc2)C[C@@H]1OC(=O)C(O)(c1cccs1)c1cccs1. The number of rotatable bonds is 11. The summed E-state index contributed by atoms with van der Waals surface area (Å²) in [5.41, 5.74) is -1.75. The van der Waals surface area contributed by atoms with E-state index in [1.807, 2.05) is 53.2 Å². The minimum absolute atomic E-state index is 0.197. The molecule has 2 N–H and O–H groups in total. The number of thiophene rings is 2. The molecule has 3 heterocycles. The Kier molecular flexibility index (Phi) is 8.78. The number of quaternary nitrogens is 1. The Morgan fingerprint density at radius 2 is 1.79 bits per heavy atom. The zero-order valence-corrected chi connectivity index (χ0v) is 21.3. The standard InChI is InChI=1S/C27H33NO4S2/c1-2-9-21-14-16-28(15-8-17-31-22-10-4-3-5-11-22)20-23(21)32-26(29)27(30,24-12-6-18-33-24)25-13-7-19-34-25/h3-7,10-13,18-19,21,23,30H,2,8-9,14-17,20H2,1H3/p+1/t21?,23-/m0/s1. The number of piperidine rings is 1. The van der Waals surface area contributed by atoms with Gasteiger partial charge >= 0.3 is 5.97 Å². The van der Waals surface area contributed by atoms with E-state index < -0.39 is 11.6 Å². The molecular weight excluding hydrogens is 466 g/mol. The van der Waals surface area contributed by atoms with Gasteiger partial charge in [-0.3, -0.25) is 0 Å². The Labute approximate surface area is 210 Å². The van der Waals surface area contributed by atoms with Gasteiger partial charge in [0.15, 0.2) is 6.10 Å². The maximum absolute atomic E-state index is 13.5. The van der Waals surface area contributed by atoms with Crippen molar-refractivity contribution < 1.29 is 24.3 Å². The van der Waals surface area contributed by atoms with E-state index in [0.717, 1.165) is 51.1 Å². The first-order valence-corrected chi connectivity index (χ1v) is 13.9. The minimum Gasteiger partial charge on any atom is -0.493 e. The van der Waals surface area contributed by atoms with E-state index >= 15 is 0 Å². The molecule has 1 aromatic carbocycles. The number of likely N-dealkylation sites (tertiary alicyclic amines) is 1. The molecule has 0 bridgehead atoms. The molecule has 0 aliphatic carbocycles. The van der Waals surface area contributed by atoms with Crippen LogP contribution in [0, 0.1) is 5.92 Å². The van der Waals surface area contributed by atoms with E-state index in [2.05, 4.69) is 6.92 Å². The van der Waals surface area contributed by atoms with Crippen LogP contribution in [0.25, 0.3) is 0 Å². The van der Waals surface area contributed by atoms with E-state index in [1.54, 1.807) is 12.1 Å². The predicted octanol–water partition coefficient (Wildman–Crippen LogP) is 4.13. The van der Waals surface area contributed by atoms with E-state index in [0.29, 0.717) is 22.3 Å². The van der Waals surface area contributed by atoms with Crippen LogP contribution < -0.4 is 9.64 Å². The summed E-state index contributed by atoms with van der Waals surface area (Å²) in [5.74, 6) is 0.666. The first kappa shape index (κ1) is 24.9. The molecule has 2 aromatic heterocycles. The second-order valence-electron chi connectivity index (χ2n) is 8.92. The Balaban J connectivity index is 1.39. The zero-order valence-electron chi connectivity index (χ0n) is 19.7. The van der Waals surface area contributed by atoms with Crippen LogP contribution in [0.1, 0.15) is 42.4 Å². The average molecular weight is 501 g/mol. The van der Waals surface area contributed by atoms with Crippen molar-refractivity contribution in [2.24, 2.45) is 5.92 Å². The molecular formula is C27H34NO4S2+. The van der Waals surface area contributed by atoms with Crippen molar-refractivity contribution in [3.05, 3.63) is 75.1 Å². The van der Waals surface area contributed by atoms with Gasteiger partial charge in [0.1, 0.15) is 12.3 Å². The highest BCUT2D eigenvalue weighted by Gasteiger charge is 2.46. The number of benzene rings is 1. The Hall–Kier alpha value is -2.19. The van der Waals surface area contributed by atoms with Gasteiger partial charge in [-0.1, -0.05) is 43.7 Å². The summed E-state index contributed by atoms with van der Waals surface area (Å²) < 4.78 is 12.0. The van der Waals surface area contributed by atoms with Crippen LogP contribution in [0.5, 0.6) is 5.75 Å². The van der Waals surface area contributed by atoms with Crippen LogP contribution in [0.2, 0.25) is 0 Å². The molecule has 0 radical (unpaired) electrons. The maximum atomic E-state index is 13.5.